The Kier molecular flexibility index (Phi) is 5.85. The molecule has 0 aliphatic carbocycles. The maximum absolute atomic E-state index is 12.8. The van der Waals surface area contributed by atoms with Crippen molar-refractivity contribution in [2.24, 2.45) is 0 Å². The van der Waals surface area contributed by atoms with E-state index in [1.807, 2.05) is 47.9 Å². The average Bonchev–Trinajstić information content (AvgIpc) is 3.53. The van der Waals surface area contributed by atoms with Crippen molar-refractivity contribution in [3.8, 4) is 17.1 Å². The van der Waals surface area contributed by atoms with Crippen molar-refractivity contribution in [3.63, 3.8) is 0 Å². The van der Waals surface area contributed by atoms with Crippen LogP contribution in [0.15, 0.2) is 75.4 Å². The van der Waals surface area contributed by atoms with E-state index in [-0.39, 0.29) is 11.7 Å². The smallest absolute Gasteiger partial charge is 0.234 e. The van der Waals surface area contributed by atoms with Crippen LogP contribution in [0, 0.1) is 6.92 Å². The molecule has 0 spiro atoms. The summed E-state index contributed by atoms with van der Waals surface area (Å²) < 4.78 is 18.8. The lowest BCUT2D eigenvalue weighted by Crippen LogP contribution is -2.15. The van der Waals surface area contributed by atoms with Gasteiger partial charge in [0.25, 0.3) is 0 Å². The molecule has 0 saturated heterocycles. The van der Waals surface area contributed by atoms with Gasteiger partial charge in [-0.1, -0.05) is 36.0 Å². The van der Waals surface area contributed by atoms with E-state index in [0.29, 0.717) is 34.5 Å². The second kappa shape index (κ2) is 9.11. The number of benzene rings is 2. The molecule has 0 saturated carbocycles. The third-order valence-electron chi connectivity index (χ3n) is 5.43. The highest BCUT2D eigenvalue weighted by Gasteiger charge is 2.19. The van der Waals surface area contributed by atoms with E-state index < -0.39 is 0 Å². The molecule has 0 atom stereocenters. The summed E-state index contributed by atoms with van der Waals surface area (Å²) in [5, 5.41) is 14.0. The number of hydrogen-bond acceptors (Lipinski definition) is 7. The van der Waals surface area contributed by atoms with Crippen molar-refractivity contribution >= 4 is 45.3 Å². The Morgan fingerprint density at radius 2 is 2.06 bits per heavy atom. The van der Waals surface area contributed by atoms with Gasteiger partial charge in [-0.25, -0.2) is 0 Å². The lowest BCUT2D eigenvalue weighted by atomic mass is 10.1. The lowest BCUT2D eigenvalue weighted by Gasteiger charge is -2.11. The fourth-order valence-electron chi connectivity index (χ4n) is 3.84. The number of fused-ring (bicyclic) bond motifs is 3. The minimum atomic E-state index is -0.201. The highest BCUT2D eigenvalue weighted by molar-refractivity contribution is 7.99. The molecule has 3 heterocycles. The summed E-state index contributed by atoms with van der Waals surface area (Å²) in [6, 6.07) is 13.3. The van der Waals surface area contributed by atoms with E-state index >= 15 is 0 Å². The highest BCUT2D eigenvalue weighted by atomic mass is 32.2. The van der Waals surface area contributed by atoms with Crippen LogP contribution in [0.25, 0.3) is 33.3 Å². The number of carbonyl (C=O) groups excluding carboxylic acids is 1. The Bertz CT molecular complexity index is 1510. The zero-order valence-corrected chi connectivity index (χ0v) is 19.5. The Morgan fingerprint density at radius 3 is 2.82 bits per heavy atom. The first-order valence-corrected chi connectivity index (χ1v) is 11.6. The molecule has 0 radical (unpaired) electrons. The van der Waals surface area contributed by atoms with E-state index in [2.05, 4.69) is 22.1 Å². The van der Waals surface area contributed by atoms with Crippen molar-refractivity contribution in [1.29, 1.82) is 0 Å². The summed E-state index contributed by atoms with van der Waals surface area (Å²) in [4.78, 5) is 12.8. The quantitative estimate of drug-likeness (QED) is 0.229. The molecule has 0 unspecified atom stereocenters. The largest absolute Gasteiger partial charge is 0.495 e. The molecule has 1 N–H and O–H groups in total. The number of nitrogens with one attached hydrogen (secondary N) is 1. The molecule has 2 aromatic carbocycles. The van der Waals surface area contributed by atoms with Crippen LogP contribution in [0.4, 0.5) is 5.69 Å². The molecular weight excluding hydrogens is 452 g/mol. The zero-order valence-electron chi connectivity index (χ0n) is 18.7. The van der Waals surface area contributed by atoms with Gasteiger partial charge in [0.05, 0.1) is 30.4 Å². The number of thioether (sulfide) groups is 1. The number of rotatable bonds is 8. The van der Waals surface area contributed by atoms with Gasteiger partial charge in [0.2, 0.25) is 5.91 Å². The van der Waals surface area contributed by atoms with Crippen molar-refractivity contribution < 1.29 is 18.4 Å². The predicted octanol–water partition coefficient (Wildman–Crippen LogP) is 5.67. The molecule has 172 valence electrons. The summed E-state index contributed by atoms with van der Waals surface area (Å²) in [5.74, 6) is 1.92. The first-order valence-electron chi connectivity index (χ1n) is 10.6. The Labute approximate surface area is 199 Å². The summed E-state index contributed by atoms with van der Waals surface area (Å²) >= 11 is 1.29. The second-order valence-corrected chi connectivity index (χ2v) is 8.52. The summed E-state index contributed by atoms with van der Waals surface area (Å²) in [6.07, 6.45) is 3.38. The number of nitrogens with zero attached hydrogens (tertiary/aromatic N) is 3. The SMILES string of the molecule is C=CCn1c(SCC(=O)Nc2cc3oc4ccccc4c3cc2OC)nnc1-c1ccoc1C. The van der Waals surface area contributed by atoms with Crippen LogP contribution in [0.2, 0.25) is 0 Å². The second-order valence-electron chi connectivity index (χ2n) is 7.58. The van der Waals surface area contributed by atoms with Gasteiger partial charge in [0.15, 0.2) is 11.0 Å². The fraction of sp³-hybridized carbons (Fsp3) is 0.160. The monoisotopic (exact) mass is 474 g/mol. The first-order chi connectivity index (χ1) is 16.6. The molecular formula is C25H22N4O4S. The van der Waals surface area contributed by atoms with Gasteiger partial charge < -0.3 is 18.9 Å². The highest BCUT2D eigenvalue weighted by Crippen LogP contribution is 2.36. The van der Waals surface area contributed by atoms with Crippen LogP contribution in [0.5, 0.6) is 5.75 Å². The molecule has 8 nitrogen and oxygen atoms in total. The third-order valence-corrected chi connectivity index (χ3v) is 6.40. The maximum atomic E-state index is 12.8. The van der Waals surface area contributed by atoms with Crippen LogP contribution in [-0.4, -0.2) is 33.5 Å². The van der Waals surface area contributed by atoms with Crippen molar-refractivity contribution in [2.45, 2.75) is 18.6 Å². The average molecular weight is 475 g/mol. The molecule has 0 aliphatic heterocycles. The van der Waals surface area contributed by atoms with Gasteiger partial charge in [-0.05, 0) is 25.1 Å². The lowest BCUT2D eigenvalue weighted by molar-refractivity contribution is -0.113. The number of aryl methyl sites for hydroxylation is 1. The van der Waals surface area contributed by atoms with Crippen molar-refractivity contribution in [2.75, 3.05) is 18.2 Å². The van der Waals surface area contributed by atoms with Crippen LogP contribution < -0.4 is 10.1 Å². The van der Waals surface area contributed by atoms with E-state index in [1.54, 1.807) is 25.5 Å². The Hall–Kier alpha value is -3.98. The fourth-order valence-corrected chi connectivity index (χ4v) is 4.59. The van der Waals surface area contributed by atoms with Crippen LogP contribution in [0.3, 0.4) is 0 Å². The van der Waals surface area contributed by atoms with E-state index in [1.165, 1.54) is 11.8 Å². The molecule has 34 heavy (non-hydrogen) atoms. The van der Waals surface area contributed by atoms with Gasteiger partial charge in [0.1, 0.15) is 22.7 Å². The molecule has 0 bridgehead atoms. The number of anilines is 1. The molecule has 9 heteroatoms. The summed E-state index contributed by atoms with van der Waals surface area (Å²) in [5.41, 5.74) is 2.86. The summed E-state index contributed by atoms with van der Waals surface area (Å²) in [6.45, 7) is 6.20. The van der Waals surface area contributed by atoms with Crippen LogP contribution >= 0.6 is 11.8 Å². The number of ether oxygens (including phenoxy) is 1. The normalized spacial score (nSPS) is 11.2. The number of carbonyl (C=O) groups is 1. The van der Waals surface area contributed by atoms with Crippen LogP contribution in [0.1, 0.15) is 5.76 Å². The van der Waals surface area contributed by atoms with E-state index in [9.17, 15) is 4.79 Å². The van der Waals surface area contributed by atoms with Crippen LogP contribution in [-0.2, 0) is 11.3 Å². The van der Waals surface area contributed by atoms with Crippen molar-refractivity contribution in [3.05, 3.63) is 67.1 Å². The Balaban J connectivity index is 1.36. The first kappa shape index (κ1) is 21.8. The number of para-hydroxylation sites is 1. The number of hydrogen-bond donors (Lipinski definition) is 1. The molecule has 5 rings (SSSR count). The number of allylic oxidation sites excluding steroid dienone is 1. The van der Waals surface area contributed by atoms with E-state index in [0.717, 1.165) is 27.7 Å². The molecule has 5 aromatic rings. The molecule has 0 fully saturated rings. The minimum Gasteiger partial charge on any atom is -0.495 e. The minimum absolute atomic E-state index is 0.140. The molecule has 0 aliphatic rings. The van der Waals surface area contributed by atoms with Gasteiger partial charge >= 0.3 is 0 Å². The standard InChI is InChI=1S/C25H22N4O4S/c1-4-10-29-24(16-9-11-32-15(16)2)27-28-25(29)34-14-23(30)26-19-13-21-18(12-22(19)31-3)17-7-5-6-8-20(17)33-21/h4-9,11-13H,1,10,14H2,2-3H3,(H,26,30). The number of furan rings is 2. The van der Waals surface area contributed by atoms with Gasteiger partial charge in [0, 0.05) is 23.4 Å². The molecule has 3 aromatic heterocycles. The van der Waals surface area contributed by atoms with Gasteiger partial charge in [-0.2, -0.15) is 0 Å². The Morgan fingerprint density at radius 1 is 1.21 bits per heavy atom. The third kappa shape index (κ3) is 3.94. The van der Waals surface area contributed by atoms with E-state index in [4.69, 9.17) is 13.6 Å². The number of amides is 1. The number of aromatic nitrogens is 3. The van der Waals surface area contributed by atoms with Gasteiger partial charge in [-0.3, -0.25) is 9.36 Å². The topological polar surface area (TPSA) is 95.3 Å². The molecule has 1 amide bonds. The number of methoxy groups -OCH3 is 1. The predicted molar refractivity (Wildman–Crippen MR) is 132 cm³/mol. The van der Waals surface area contributed by atoms with Crippen molar-refractivity contribution in [1.82, 2.24) is 14.8 Å². The summed E-state index contributed by atoms with van der Waals surface area (Å²) in [7, 11) is 1.57. The van der Waals surface area contributed by atoms with Gasteiger partial charge in [-0.15, -0.1) is 16.8 Å². The zero-order chi connectivity index (χ0) is 23.7. The maximum Gasteiger partial charge on any atom is 0.234 e.